The number of esters is 3. The fourth-order valence-electron chi connectivity index (χ4n) is 9.51. The molecule has 1 unspecified atom stereocenters. The van der Waals surface area contributed by atoms with Gasteiger partial charge in [-0.3, -0.25) is 14.4 Å². The van der Waals surface area contributed by atoms with Gasteiger partial charge in [0.2, 0.25) is 0 Å². The zero-order valence-electron chi connectivity index (χ0n) is 53.7. The Morgan fingerprint density at radius 2 is 0.476 bits per heavy atom. The maximum Gasteiger partial charge on any atom is 0.306 e. The van der Waals surface area contributed by atoms with Crippen LogP contribution in [0.15, 0.2) is 122 Å². The third kappa shape index (κ3) is 66.6. The highest BCUT2D eigenvalue weighted by Crippen LogP contribution is 2.16. The van der Waals surface area contributed by atoms with E-state index < -0.39 is 6.10 Å². The van der Waals surface area contributed by atoms with Gasteiger partial charge in [0, 0.05) is 19.3 Å². The van der Waals surface area contributed by atoms with Crippen molar-refractivity contribution in [3.63, 3.8) is 0 Å². The van der Waals surface area contributed by atoms with Crippen molar-refractivity contribution < 1.29 is 28.6 Å². The molecular formula is C76H128O6. The Balaban J connectivity index is 4.42. The van der Waals surface area contributed by atoms with Crippen molar-refractivity contribution in [3.8, 4) is 0 Å². The highest BCUT2D eigenvalue weighted by Gasteiger charge is 2.19. The lowest BCUT2D eigenvalue weighted by atomic mass is 10.0. The quantitative estimate of drug-likeness (QED) is 0.0261. The Morgan fingerprint density at radius 3 is 0.780 bits per heavy atom. The number of carbonyl (C=O) groups excluding carboxylic acids is 3. The summed E-state index contributed by atoms with van der Waals surface area (Å²) in [7, 11) is 0. The van der Waals surface area contributed by atoms with Crippen LogP contribution in [0.1, 0.15) is 323 Å². The van der Waals surface area contributed by atoms with Crippen molar-refractivity contribution in [1.29, 1.82) is 0 Å². The number of hydrogen-bond acceptors (Lipinski definition) is 6. The minimum Gasteiger partial charge on any atom is -0.462 e. The first-order valence-corrected chi connectivity index (χ1v) is 34.5. The van der Waals surface area contributed by atoms with E-state index >= 15 is 0 Å². The number of unbranched alkanes of at least 4 members (excludes halogenated alkanes) is 31. The van der Waals surface area contributed by atoms with Crippen LogP contribution in [0, 0.1) is 0 Å². The Bertz CT molecular complexity index is 1690. The number of ether oxygens (including phenoxy) is 3. The third-order valence-electron chi connectivity index (χ3n) is 14.7. The van der Waals surface area contributed by atoms with Crippen LogP contribution < -0.4 is 0 Å². The number of allylic oxidation sites excluding steroid dienone is 20. The summed E-state index contributed by atoms with van der Waals surface area (Å²) in [4.78, 5) is 38.4. The SMILES string of the molecule is CC/C=C\C/C=C\C/C=C\C/C=C\C/C=C\C/C=C\CCCCC(=O)OC(COC(=O)CCCCCCC/C=C\CCCCCCCCC)COC(=O)CCCCCCCCCCCCCC/C=C\C/C=C\C/C=C\CCCCCCC. The molecule has 0 heterocycles. The second kappa shape index (κ2) is 69.3. The average Bonchev–Trinajstić information content (AvgIpc) is 3.48. The van der Waals surface area contributed by atoms with Crippen molar-refractivity contribution in [2.24, 2.45) is 0 Å². The number of carbonyl (C=O) groups is 3. The van der Waals surface area contributed by atoms with E-state index in [1.54, 1.807) is 0 Å². The molecule has 0 radical (unpaired) electrons. The van der Waals surface area contributed by atoms with Crippen LogP contribution in [0.3, 0.4) is 0 Å². The molecule has 0 aliphatic heterocycles. The summed E-state index contributed by atoms with van der Waals surface area (Å²) in [6, 6.07) is 0. The molecule has 0 bridgehead atoms. The van der Waals surface area contributed by atoms with Gasteiger partial charge in [-0.05, 0) is 135 Å². The van der Waals surface area contributed by atoms with Gasteiger partial charge in [-0.2, -0.15) is 0 Å². The van der Waals surface area contributed by atoms with Crippen molar-refractivity contribution in [2.45, 2.75) is 329 Å². The molecule has 0 amide bonds. The van der Waals surface area contributed by atoms with Crippen molar-refractivity contribution in [1.82, 2.24) is 0 Å². The second-order valence-corrected chi connectivity index (χ2v) is 22.7. The zero-order valence-corrected chi connectivity index (χ0v) is 53.7. The molecule has 6 heteroatoms. The molecule has 6 nitrogen and oxygen atoms in total. The first-order chi connectivity index (χ1) is 40.5. The molecule has 82 heavy (non-hydrogen) atoms. The van der Waals surface area contributed by atoms with Crippen molar-refractivity contribution in [3.05, 3.63) is 122 Å². The Kier molecular flexibility index (Phi) is 65.8. The predicted molar refractivity (Wildman–Crippen MR) is 357 cm³/mol. The fraction of sp³-hybridized carbons (Fsp3) is 0.697. The summed E-state index contributed by atoms with van der Waals surface area (Å²) >= 11 is 0. The summed E-state index contributed by atoms with van der Waals surface area (Å²) in [5.74, 6) is -0.946. The summed E-state index contributed by atoms with van der Waals surface area (Å²) in [5, 5.41) is 0. The van der Waals surface area contributed by atoms with Crippen molar-refractivity contribution >= 4 is 17.9 Å². The molecule has 0 N–H and O–H groups in total. The average molecular weight is 1140 g/mol. The lowest BCUT2D eigenvalue weighted by molar-refractivity contribution is -0.167. The van der Waals surface area contributed by atoms with Crippen molar-refractivity contribution in [2.75, 3.05) is 13.2 Å². The van der Waals surface area contributed by atoms with Crippen LogP contribution in [-0.4, -0.2) is 37.2 Å². The highest BCUT2D eigenvalue weighted by molar-refractivity contribution is 5.71. The maximum absolute atomic E-state index is 12.9. The van der Waals surface area contributed by atoms with Gasteiger partial charge in [0.25, 0.3) is 0 Å². The number of hydrogen-bond donors (Lipinski definition) is 0. The second-order valence-electron chi connectivity index (χ2n) is 22.7. The van der Waals surface area contributed by atoms with Crippen LogP contribution in [0.25, 0.3) is 0 Å². The van der Waals surface area contributed by atoms with Gasteiger partial charge < -0.3 is 14.2 Å². The fourth-order valence-corrected chi connectivity index (χ4v) is 9.51. The topological polar surface area (TPSA) is 78.9 Å². The molecule has 0 saturated carbocycles. The van der Waals surface area contributed by atoms with Crippen LogP contribution >= 0.6 is 0 Å². The summed E-state index contributed by atoms with van der Waals surface area (Å²) in [5.41, 5.74) is 0. The standard InChI is InChI=1S/C76H128O6/c1-4-7-10-13-16-19-22-25-28-31-33-35-36-37-38-39-40-42-43-45-48-51-54-57-60-63-66-69-75(78)81-72-73(71-80-74(77)68-65-62-59-56-53-50-47-30-27-24-21-18-15-12-9-6-3)82-76(79)70-67-64-61-58-55-52-49-46-44-41-34-32-29-26-23-20-17-14-11-8-5-2/h8,11,17,20,22,25-26,29-31,33-34,36-37,41,46-47,49,55,58,73H,4-7,9-10,12-16,18-19,21,23-24,27-28,32,35,38-40,42-45,48,50-54,56-57,59-72H2,1-3H3/b11-8-,20-17-,25-22-,29-26-,33-31-,37-36-,41-34-,47-30-,49-46-,58-55-. The lowest BCUT2D eigenvalue weighted by Gasteiger charge is -2.18. The third-order valence-corrected chi connectivity index (χ3v) is 14.7. The van der Waals surface area contributed by atoms with Gasteiger partial charge in [0.15, 0.2) is 6.10 Å². The summed E-state index contributed by atoms with van der Waals surface area (Å²) in [6.45, 7) is 6.49. The van der Waals surface area contributed by atoms with Crippen LogP contribution in [0.2, 0.25) is 0 Å². The molecule has 0 aliphatic carbocycles. The number of rotatable bonds is 62. The van der Waals surface area contributed by atoms with E-state index in [1.807, 2.05) is 0 Å². The molecule has 468 valence electrons. The molecular weight excluding hydrogens is 1010 g/mol. The molecule has 0 rings (SSSR count). The predicted octanol–water partition coefficient (Wildman–Crippen LogP) is 23.9. The molecule has 0 spiro atoms. The van der Waals surface area contributed by atoms with Gasteiger partial charge in [-0.25, -0.2) is 0 Å². The minimum absolute atomic E-state index is 0.101. The Labute approximate surface area is 507 Å². The molecule has 0 aliphatic rings. The maximum atomic E-state index is 12.9. The van der Waals surface area contributed by atoms with E-state index in [-0.39, 0.29) is 37.5 Å². The Hall–Kier alpha value is -4.19. The Morgan fingerprint density at radius 1 is 0.256 bits per heavy atom. The molecule has 0 aromatic heterocycles. The van der Waals surface area contributed by atoms with E-state index in [2.05, 4.69) is 142 Å². The van der Waals surface area contributed by atoms with Gasteiger partial charge in [0.05, 0.1) is 0 Å². The van der Waals surface area contributed by atoms with E-state index in [9.17, 15) is 14.4 Å². The van der Waals surface area contributed by atoms with Gasteiger partial charge in [0.1, 0.15) is 13.2 Å². The van der Waals surface area contributed by atoms with Gasteiger partial charge in [-0.15, -0.1) is 0 Å². The molecule has 0 aromatic carbocycles. The normalized spacial score (nSPS) is 12.9. The van der Waals surface area contributed by atoms with Crippen LogP contribution in [0.5, 0.6) is 0 Å². The first kappa shape index (κ1) is 77.8. The molecule has 0 saturated heterocycles. The van der Waals surface area contributed by atoms with E-state index in [0.717, 1.165) is 116 Å². The first-order valence-electron chi connectivity index (χ1n) is 34.5. The van der Waals surface area contributed by atoms with Gasteiger partial charge >= 0.3 is 17.9 Å². The van der Waals surface area contributed by atoms with Crippen LogP contribution in [0.4, 0.5) is 0 Å². The van der Waals surface area contributed by atoms with Crippen LogP contribution in [-0.2, 0) is 28.6 Å². The van der Waals surface area contributed by atoms with E-state index in [1.165, 1.54) is 161 Å². The van der Waals surface area contributed by atoms with E-state index in [0.29, 0.717) is 19.3 Å². The highest BCUT2D eigenvalue weighted by atomic mass is 16.6. The lowest BCUT2D eigenvalue weighted by Crippen LogP contribution is -2.30. The molecule has 0 fully saturated rings. The van der Waals surface area contributed by atoms with E-state index in [4.69, 9.17) is 14.2 Å². The van der Waals surface area contributed by atoms with Gasteiger partial charge in [-0.1, -0.05) is 290 Å². The summed E-state index contributed by atoms with van der Waals surface area (Å²) < 4.78 is 16.9. The monoisotopic (exact) mass is 1140 g/mol. The smallest absolute Gasteiger partial charge is 0.306 e. The molecule has 0 aromatic rings. The summed E-state index contributed by atoms with van der Waals surface area (Å²) in [6.07, 6.45) is 96.4. The minimum atomic E-state index is -0.810. The zero-order chi connectivity index (χ0) is 59.2. The molecule has 1 atom stereocenters. The largest absolute Gasteiger partial charge is 0.462 e.